The summed E-state index contributed by atoms with van der Waals surface area (Å²) in [4.78, 5) is 16.5. The van der Waals surface area contributed by atoms with E-state index in [0.29, 0.717) is 10.3 Å². The second kappa shape index (κ2) is 12.2. The monoisotopic (exact) mass is 519 g/mol. The summed E-state index contributed by atoms with van der Waals surface area (Å²) in [6.07, 6.45) is 14.0. The van der Waals surface area contributed by atoms with E-state index in [2.05, 4.69) is 38.5 Å². The van der Waals surface area contributed by atoms with Crippen LogP contribution in [0.1, 0.15) is 17.3 Å². The molecule has 31 heavy (non-hydrogen) atoms. The van der Waals surface area contributed by atoms with E-state index in [4.69, 9.17) is 0 Å². The first-order chi connectivity index (χ1) is 14.5. The fraction of sp³-hybridized carbons (Fsp3) is 0.0400. The van der Waals surface area contributed by atoms with Crippen LogP contribution in [0.2, 0.25) is 0 Å². The largest absolute Gasteiger partial charge is 2.00 e. The summed E-state index contributed by atoms with van der Waals surface area (Å²) in [5.41, 5.74) is 3.43. The molecule has 0 heterocycles. The smallest absolute Gasteiger partial charge is 0.214 e. The normalized spacial score (nSPS) is 14.6. The molecule has 157 valence electrons. The molecule has 2 aliphatic rings. The van der Waals surface area contributed by atoms with Gasteiger partial charge in [0.25, 0.3) is 0 Å². The summed E-state index contributed by atoms with van der Waals surface area (Å²) in [7, 11) is 0. The summed E-state index contributed by atoms with van der Waals surface area (Å²) in [6, 6.07) is 15.3. The van der Waals surface area contributed by atoms with Gasteiger partial charge in [0.15, 0.2) is 0 Å². The summed E-state index contributed by atoms with van der Waals surface area (Å²) < 4.78 is 13.3. The van der Waals surface area contributed by atoms with Crippen molar-refractivity contribution in [3.63, 3.8) is 0 Å². The number of rotatable bonds is 2. The zero-order valence-electron chi connectivity index (χ0n) is 16.7. The van der Waals surface area contributed by atoms with Crippen LogP contribution < -0.4 is 5.32 Å². The van der Waals surface area contributed by atoms with Crippen LogP contribution in [0.4, 0.5) is 4.39 Å². The fourth-order valence-corrected chi connectivity index (χ4v) is 3.25. The van der Waals surface area contributed by atoms with Gasteiger partial charge in [-0.15, -0.1) is 0 Å². The average molecular weight is 518 g/mol. The zero-order valence-corrected chi connectivity index (χ0v) is 19.6. The van der Waals surface area contributed by atoms with Gasteiger partial charge in [-0.25, -0.2) is 12.1 Å². The van der Waals surface area contributed by atoms with E-state index in [-0.39, 0.29) is 28.8 Å². The second-order valence-corrected chi connectivity index (χ2v) is 7.32. The number of carbonyl (C=O) groups is 1. The van der Waals surface area contributed by atoms with Crippen LogP contribution in [0, 0.1) is 11.7 Å². The Morgan fingerprint density at radius 3 is 2.26 bits per heavy atom. The molecule has 0 atom stereocenters. The Morgan fingerprint density at radius 1 is 1.06 bits per heavy atom. The number of halogens is 1. The Hall–Kier alpha value is -2.75. The van der Waals surface area contributed by atoms with Gasteiger partial charge in [0.1, 0.15) is 0 Å². The Bertz CT molecular complexity index is 1030. The van der Waals surface area contributed by atoms with Gasteiger partial charge in [0, 0.05) is 0 Å². The molecule has 0 aromatic heterocycles. The van der Waals surface area contributed by atoms with Gasteiger partial charge in [0.05, 0.1) is 0 Å². The maximum absolute atomic E-state index is 12.9. The Morgan fingerprint density at radius 2 is 1.71 bits per heavy atom. The minimum Gasteiger partial charge on any atom is -0.214 e. The SMILES string of the molecule is C[C-]1C=C(N=C([Se])NC(=O)c2ccc(F)cc2)C=CC1=C1C=CC=C1.[Fe+2].c1cc[cH-]c1. The number of hydrogen-bond donors (Lipinski definition) is 1. The second-order valence-electron chi connectivity index (χ2n) is 6.51. The van der Waals surface area contributed by atoms with Crippen LogP contribution in [-0.4, -0.2) is 26.7 Å². The maximum Gasteiger partial charge on any atom is 2.00 e. The summed E-state index contributed by atoms with van der Waals surface area (Å²) >= 11 is 2.74. The first-order valence-electron chi connectivity index (χ1n) is 9.35. The van der Waals surface area contributed by atoms with Crippen LogP contribution in [0.3, 0.4) is 0 Å². The van der Waals surface area contributed by atoms with Crippen molar-refractivity contribution in [2.75, 3.05) is 0 Å². The van der Waals surface area contributed by atoms with E-state index in [0.717, 1.165) is 17.2 Å². The van der Waals surface area contributed by atoms with Crippen molar-refractivity contribution in [1.29, 1.82) is 0 Å². The standard InChI is InChI=1S/C20H15FN2OSe.C5H5.Fe/c1-13-12-17(10-11-18(13)14-4-2-3-5-14)22-20(25)23-19(24)15-6-8-16(21)9-7-15;1-2-4-5-3-1;/h2-12H,1H3,(H,22,23,24);1-5H;/q2*-1;+2. The predicted molar refractivity (Wildman–Crippen MR) is 121 cm³/mol. The van der Waals surface area contributed by atoms with Gasteiger partial charge < -0.3 is 0 Å². The summed E-state index contributed by atoms with van der Waals surface area (Å²) in [5.74, 6) is 0.377. The van der Waals surface area contributed by atoms with Crippen molar-refractivity contribution >= 4 is 26.7 Å². The first kappa shape index (κ1) is 24.5. The number of aliphatic imine (C=N–C) groups is 1. The summed E-state index contributed by atoms with van der Waals surface area (Å²) in [6.45, 7) is 2.03. The van der Waals surface area contributed by atoms with Crippen LogP contribution >= 0.6 is 0 Å². The molecule has 2 aliphatic carbocycles. The number of allylic oxidation sites excluding steroid dienone is 9. The molecule has 2 aromatic carbocycles. The average Bonchev–Trinajstić information content (AvgIpc) is 3.45. The van der Waals surface area contributed by atoms with E-state index < -0.39 is 0 Å². The molecule has 4 rings (SSSR count). The molecule has 1 radical (unpaired) electrons. The van der Waals surface area contributed by atoms with Gasteiger partial charge in [-0.2, -0.15) is 18.2 Å². The summed E-state index contributed by atoms with van der Waals surface area (Å²) in [5, 5.41) is 2.66. The number of amides is 1. The van der Waals surface area contributed by atoms with E-state index >= 15 is 0 Å². The number of nitrogens with zero attached hydrogens (tertiary/aromatic N) is 1. The van der Waals surface area contributed by atoms with E-state index in [1.807, 2.05) is 67.6 Å². The third-order valence-electron chi connectivity index (χ3n) is 4.30. The number of amidine groups is 1. The molecule has 0 saturated heterocycles. The zero-order chi connectivity index (χ0) is 21.3. The third kappa shape index (κ3) is 7.46. The van der Waals surface area contributed by atoms with Gasteiger partial charge in [-0.3, -0.25) is 0 Å². The predicted octanol–water partition coefficient (Wildman–Crippen LogP) is 4.95. The molecule has 2 aromatic rings. The van der Waals surface area contributed by atoms with Gasteiger partial charge in [0.2, 0.25) is 0 Å². The van der Waals surface area contributed by atoms with E-state index in [9.17, 15) is 9.18 Å². The molecular weight excluding hydrogens is 498 g/mol. The maximum atomic E-state index is 12.9. The quantitative estimate of drug-likeness (QED) is 0.260. The topological polar surface area (TPSA) is 41.5 Å². The van der Waals surface area contributed by atoms with E-state index in [1.54, 1.807) is 0 Å². The third-order valence-corrected chi connectivity index (χ3v) is 4.70. The van der Waals surface area contributed by atoms with Crippen LogP contribution in [0.25, 0.3) is 0 Å². The minimum atomic E-state index is -0.381. The van der Waals surface area contributed by atoms with Crippen LogP contribution in [0.15, 0.2) is 119 Å². The van der Waals surface area contributed by atoms with E-state index in [1.165, 1.54) is 29.8 Å². The number of carbonyl (C=O) groups excluding carboxylic acids is 1. The van der Waals surface area contributed by atoms with Crippen molar-refractivity contribution in [3.8, 4) is 0 Å². The van der Waals surface area contributed by atoms with Crippen LogP contribution in [0.5, 0.6) is 0 Å². The Kier molecular flexibility index (Phi) is 9.64. The molecule has 1 N–H and O–H groups in total. The number of hydrogen-bond acceptors (Lipinski definition) is 2. The molecule has 6 heteroatoms. The van der Waals surface area contributed by atoms with Crippen molar-refractivity contribution in [2.24, 2.45) is 4.99 Å². The molecule has 3 nitrogen and oxygen atoms in total. The van der Waals surface area contributed by atoms with Gasteiger partial charge in [-0.05, 0) is 0 Å². The Labute approximate surface area is 200 Å². The molecule has 1 amide bonds. The molecule has 0 unspecified atom stereocenters. The minimum absolute atomic E-state index is 0. The number of benzene rings is 1. The Balaban J connectivity index is 0.000000501. The molecule has 0 aliphatic heterocycles. The molecule has 0 bridgehead atoms. The number of nitrogens with one attached hydrogen (secondary N) is 1. The van der Waals surface area contributed by atoms with Crippen molar-refractivity contribution < 1.29 is 26.3 Å². The van der Waals surface area contributed by atoms with Gasteiger partial charge >= 0.3 is 171 Å². The molecule has 0 fully saturated rings. The van der Waals surface area contributed by atoms with Crippen molar-refractivity contribution in [3.05, 3.63) is 131 Å². The molecular formula is C25H20FFeN2OSe. The van der Waals surface area contributed by atoms with Crippen LogP contribution in [-0.2, 0) is 17.1 Å². The first-order valence-corrected chi connectivity index (χ1v) is 10.2. The van der Waals surface area contributed by atoms with Crippen molar-refractivity contribution in [2.45, 2.75) is 6.92 Å². The van der Waals surface area contributed by atoms with Gasteiger partial charge in [-0.1, -0.05) is 0 Å². The molecule has 0 spiro atoms. The van der Waals surface area contributed by atoms with Crippen molar-refractivity contribution in [1.82, 2.24) is 5.32 Å². The molecule has 0 saturated carbocycles. The fourth-order valence-electron chi connectivity index (χ4n) is 2.83.